The van der Waals surface area contributed by atoms with Crippen LogP contribution in [0.3, 0.4) is 0 Å². The maximum atomic E-state index is 12.3. The van der Waals surface area contributed by atoms with Crippen molar-refractivity contribution in [2.24, 2.45) is 35.5 Å². The molecule has 3 saturated carbocycles. The Morgan fingerprint density at radius 2 is 2.00 bits per heavy atom. The summed E-state index contributed by atoms with van der Waals surface area (Å²) in [6.45, 7) is 0. The number of hydrogen-bond donors (Lipinski definition) is 0. The predicted octanol–water partition coefficient (Wildman–Crippen LogP) is 4.12. The summed E-state index contributed by atoms with van der Waals surface area (Å²) in [6, 6.07) is 0. The first-order chi connectivity index (χ1) is 10.3. The third-order valence-electron chi connectivity index (χ3n) is 6.77. The minimum absolute atomic E-state index is 0.00818. The molecule has 4 rings (SSSR count). The molecule has 0 bridgehead atoms. The average molecular weight is 286 g/mol. The minimum Gasteiger partial charge on any atom is -0.469 e. The number of ether oxygens (including phenoxy) is 1. The quantitative estimate of drug-likeness (QED) is 0.678. The lowest BCUT2D eigenvalue weighted by molar-refractivity contribution is -0.149. The van der Waals surface area contributed by atoms with Gasteiger partial charge in [0.25, 0.3) is 0 Å². The molecular formula is C19H26O2. The maximum Gasteiger partial charge on any atom is 0.309 e. The first kappa shape index (κ1) is 13.6. The fourth-order valence-electron chi connectivity index (χ4n) is 5.90. The van der Waals surface area contributed by atoms with Gasteiger partial charge in [-0.15, -0.1) is 0 Å². The van der Waals surface area contributed by atoms with E-state index in [4.69, 9.17) is 4.74 Å². The zero-order valence-corrected chi connectivity index (χ0v) is 13.0. The first-order valence-corrected chi connectivity index (χ1v) is 8.75. The van der Waals surface area contributed by atoms with Crippen molar-refractivity contribution in [3.8, 4) is 0 Å². The van der Waals surface area contributed by atoms with Crippen LogP contribution >= 0.6 is 0 Å². The molecule has 2 nitrogen and oxygen atoms in total. The molecule has 114 valence electrons. The second kappa shape index (κ2) is 5.30. The molecule has 0 radical (unpaired) electrons. The van der Waals surface area contributed by atoms with E-state index in [1.54, 1.807) is 12.7 Å². The fraction of sp³-hybridized carbons (Fsp3) is 0.737. The number of rotatable bonds is 1. The van der Waals surface area contributed by atoms with Gasteiger partial charge < -0.3 is 4.74 Å². The maximum absolute atomic E-state index is 12.3. The minimum atomic E-state index is 0.00818. The molecule has 6 atom stereocenters. The van der Waals surface area contributed by atoms with Gasteiger partial charge in [-0.3, -0.25) is 4.79 Å². The van der Waals surface area contributed by atoms with Crippen molar-refractivity contribution < 1.29 is 9.53 Å². The van der Waals surface area contributed by atoms with Gasteiger partial charge in [0.15, 0.2) is 0 Å². The average Bonchev–Trinajstić information content (AvgIpc) is 3.02. The number of methoxy groups -OCH3 is 1. The number of carbonyl (C=O) groups excluding carboxylic acids is 1. The van der Waals surface area contributed by atoms with Crippen LogP contribution in [0.5, 0.6) is 0 Å². The van der Waals surface area contributed by atoms with E-state index < -0.39 is 0 Å². The Bertz CT molecular complexity index is 490. The van der Waals surface area contributed by atoms with Crippen molar-refractivity contribution in [2.45, 2.75) is 44.9 Å². The van der Waals surface area contributed by atoms with Gasteiger partial charge in [0.2, 0.25) is 0 Å². The van der Waals surface area contributed by atoms with Gasteiger partial charge in [-0.25, -0.2) is 0 Å². The van der Waals surface area contributed by atoms with E-state index in [0.29, 0.717) is 5.92 Å². The van der Waals surface area contributed by atoms with Gasteiger partial charge >= 0.3 is 5.97 Å². The fourth-order valence-corrected chi connectivity index (χ4v) is 5.90. The molecule has 4 aliphatic carbocycles. The molecule has 3 fully saturated rings. The summed E-state index contributed by atoms with van der Waals surface area (Å²) < 4.78 is 5.11. The van der Waals surface area contributed by atoms with Crippen LogP contribution in [0.2, 0.25) is 0 Å². The molecule has 0 amide bonds. The highest BCUT2D eigenvalue weighted by Crippen LogP contribution is 2.56. The molecule has 0 spiro atoms. The van der Waals surface area contributed by atoms with Crippen molar-refractivity contribution in [2.75, 3.05) is 7.11 Å². The third-order valence-corrected chi connectivity index (χ3v) is 6.77. The summed E-state index contributed by atoms with van der Waals surface area (Å²) in [7, 11) is 1.54. The summed E-state index contributed by atoms with van der Waals surface area (Å²) in [5, 5.41) is 0. The standard InChI is InChI=1S/C19H26O2/c1-21-19(20)18-11-17-13-6-3-2-5-12(13)9-10-16(17)14-7-4-8-15(14)18/h4,7-8,12-13,15-18H,2-3,5-6,9-11H2,1H3. The molecule has 6 unspecified atom stereocenters. The summed E-state index contributed by atoms with van der Waals surface area (Å²) in [6.07, 6.45) is 16.2. The van der Waals surface area contributed by atoms with E-state index in [9.17, 15) is 4.79 Å². The second-order valence-corrected chi connectivity index (χ2v) is 7.50. The van der Waals surface area contributed by atoms with Crippen LogP contribution in [0.1, 0.15) is 44.9 Å². The molecular weight excluding hydrogens is 260 g/mol. The largest absolute Gasteiger partial charge is 0.469 e. The topological polar surface area (TPSA) is 26.3 Å². The monoisotopic (exact) mass is 286 g/mol. The van der Waals surface area contributed by atoms with Crippen LogP contribution in [0, 0.1) is 35.5 Å². The molecule has 2 heteroatoms. The van der Waals surface area contributed by atoms with Crippen molar-refractivity contribution in [1.82, 2.24) is 0 Å². The third kappa shape index (κ3) is 2.10. The highest BCUT2D eigenvalue weighted by atomic mass is 16.5. The van der Waals surface area contributed by atoms with Crippen LogP contribution < -0.4 is 0 Å². The number of hydrogen-bond acceptors (Lipinski definition) is 2. The van der Waals surface area contributed by atoms with Crippen LogP contribution in [-0.4, -0.2) is 13.1 Å². The van der Waals surface area contributed by atoms with Gasteiger partial charge in [0, 0.05) is 5.92 Å². The summed E-state index contributed by atoms with van der Waals surface area (Å²) in [5.41, 5.74) is 1.55. The number of carbonyl (C=O) groups is 1. The van der Waals surface area contributed by atoms with Crippen molar-refractivity contribution in [1.29, 1.82) is 0 Å². The van der Waals surface area contributed by atoms with Crippen molar-refractivity contribution in [3.05, 3.63) is 23.8 Å². The van der Waals surface area contributed by atoms with E-state index >= 15 is 0 Å². The molecule has 0 saturated heterocycles. The number of fused-ring (bicyclic) bond motifs is 5. The molecule has 0 aliphatic heterocycles. The molecule has 0 aromatic heterocycles. The van der Waals surface area contributed by atoms with Crippen molar-refractivity contribution in [3.63, 3.8) is 0 Å². The molecule has 4 aliphatic rings. The Morgan fingerprint density at radius 3 is 2.86 bits per heavy atom. The van der Waals surface area contributed by atoms with E-state index in [1.165, 1.54) is 38.5 Å². The van der Waals surface area contributed by atoms with E-state index in [0.717, 1.165) is 30.1 Å². The molecule has 0 aromatic rings. The molecule has 0 N–H and O–H groups in total. The van der Waals surface area contributed by atoms with Gasteiger partial charge in [-0.2, -0.15) is 0 Å². The Morgan fingerprint density at radius 1 is 1.14 bits per heavy atom. The number of esters is 1. The van der Waals surface area contributed by atoms with Crippen LogP contribution in [0.15, 0.2) is 23.8 Å². The van der Waals surface area contributed by atoms with Gasteiger partial charge in [0.05, 0.1) is 13.0 Å². The van der Waals surface area contributed by atoms with E-state index in [-0.39, 0.29) is 11.9 Å². The van der Waals surface area contributed by atoms with Crippen LogP contribution in [-0.2, 0) is 9.53 Å². The zero-order valence-electron chi connectivity index (χ0n) is 13.0. The van der Waals surface area contributed by atoms with Gasteiger partial charge in [0.1, 0.15) is 0 Å². The SMILES string of the molecule is COC(=O)C1CC2C(CCC3CCCCC32)C2=CC=CC21. The van der Waals surface area contributed by atoms with E-state index in [2.05, 4.69) is 18.2 Å². The Hall–Kier alpha value is -1.05. The summed E-state index contributed by atoms with van der Waals surface area (Å²) in [5.74, 6) is 3.69. The smallest absolute Gasteiger partial charge is 0.309 e. The molecule has 0 aromatic carbocycles. The second-order valence-electron chi connectivity index (χ2n) is 7.50. The lowest BCUT2D eigenvalue weighted by Gasteiger charge is -2.51. The lowest BCUT2D eigenvalue weighted by Crippen LogP contribution is -2.45. The summed E-state index contributed by atoms with van der Waals surface area (Å²) in [4.78, 5) is 12.3. The lowest BCUT2D eigenvalue weighted by atomic mass is 9.53. The van der Waals surface area contributed by atoms with Gasteiger partial charge in [-0.05, 0) is 49.4 Å². The molecule has 0 heterocycles. The summed E-state index contributed by atoms with van der Waals surface area (Å²) >= 11 is 0. The van der Waals surface area contributed by atoms with Gasteiger partial charge in [-0.1, -0.05) is 43.1 Å². The Kier molecular flexibility index (Phi) is 3.43. The van der Waals surface area contributed by atoms with Crippen LogP contribution in [0.4, 0.5) is 0 Å². The van der Waals surface area contributed by atoms with E-state index in [1.807, 2.05) is 0 Å². The molecule has 21 heavy (non-hydrogen) atoms. The highest BCUT2D eigenvalue weighted by Gasteiger charge is 2.50. The number of allylic oxidation sites excluding steroid dienone is 4. The van der Waals surface area contributed by atoms with Crippen molar-refractivity contribution >= 4 is 5.97 Å². The predicted molar refractivity (Wildman–Crippen MR) is 82.5 cm³/mol. The highest BCUT2D eigenvalue weighted by molar-refractivity contribution is 5.74. The Labute approximate surface area is 127 Å². The van der Waals surface area contributed by atoms with Crippen LogP contribution in [0.25, 0.3) is 0 Å². The normalized spacial score (nSPS) is 44.3. The Balaban J connectivity index is 1.64. The zero-order chi connectivity index (χ0) is 14.4. The first-order valence-electron chi connectivity index (χ1n) is 8.75.